The first-order chi connectivity index (χ1) is 13.6. The van der Waals surface area contributed by atoms with E-state index < -0.39 is 72.5 Å². The molecule has 0 aliphatic rings. The molecule has 0 amide bonds. The average Bonchev–Trinajstić information content (AvgIpc) is 2.58. The third-order valence-corrected chi connectivity index (χ3v) is 14.5. The van der Waals surface area contributed by atoms with Crippen LogP contribution >= 0.6 is 0 Å². The minimum atomic E-state index is -5.21. The molecule has 0 unspecified atom stereocenters. The molecule has 0 heterocycles. The molecule has 0 saturated heterocycles. The van der Waals surface area contributed by atoms with Crippen molar-refractivity contribution in [2.24, 2.45) is 0 Å². The van der Waals surface area contributed by atoms with E-state index in [1.807, 2.05) is 0 Å². The van der Waals surface area contributed by atoms with Gasteiger partial charge in [-0.3, -0.25) is 0 Å². The summed E-state index contributed by atoms with van der Waals surface area (Å²) in [7, 11) is 0. The van der Waals surface area contributed by atoms with Gasteiger partial charge in [0.2, 0.25) is 0 Å². The molecule has 0 radical (unpaired) electrons. The van der Waals surface area contributed by atoms with Gasteiger partial charge >= 0.3 is 171 Å². The van der Waals surface area contributed by atoms with Crippen LogP contribution in [0.3, 0.4) is 0 Å². The fraction of sp³-hybridized carbons (Fsp3) is 0.333. The van der Waals surface area contributed by atoms with Crippen LogP contribution in [0.2, 0.25) is 9.88 Å². The van der Waals surface area contributed by atoms with Gasteiger partial charge in [-0.15, -0.1) is 0 Å². The fourth-order valence-electron chi connectivity index (χ4n) is 2.80. The van der Waals surface area contributed by atoms with E-state index in [9.17, 15) is 52.7 Å². The molecule has 0 aliphatic heterocycles. The average molecular weight is 575 g/mol. The van der Waals surface area contributed by atoms with Crippen LogP contribution in [0.15, 0.2) is 36.4 Å². The summed E-state index contributed by atoms with van der Waals surface area (Å²) in [6.07, 6.45) is -20.8. The van der Waals surface area contributed by atoms with Gasteiger partial charge < -0.3 is 0 Å². The Balaban J connectivity index is 2.83. The molecule has 0 fully saturated rings. The third kappa shape index (κ3) is 5.80. The molecule has 2 aromatic carbocycles. The van der Waals surface area contributed by atoms with Crippen molar-refractivity contribution >= 4 is 25.5 Å². The summed E-state index contributed by atoms with van der Waals surface area (Å²) in [6, 6.07) is 1.13. The summed E-state index contributed by atoms with van der Waals surface area (Å²) in [5.74, 6) is 0. The van der Waals surface area contributed by atoms with Gasteiger partial charge in [0.05, 0.1) is 0 Å². The summed E-state index contributed by atoms with van der Waals surface area (Å²) in [5.41, 5.74) is -6.76. The van der Waals surface area contributed by atoms with E-state index in [1.54, 1.807) is 0 Å². The predicted molar refractivity (Wildman–Crippen MR) is 89.6 cm³/mol. The summed E-state index contributed by atoms with van der Waals surface area (Å²) in [4.78, 5) is 2.28. The van der Waals surface area contributed by atoms with Crippen LogP contribution in [0, 0.1) is 0 Å². The predicted octanol–water partition coefficient (Wildman–Crippen LogP) is 6.58. The van der Waals surface area contributed by atoms with E-state index in [-0.39, 0.29) is 12.1 Å². The van der Waals surface area contributed by atoms with Gasteiger partial charge in [0, 0.05) is 0 Å². The van der Waals surface area contributed by atoms with Crippen molar-refractivity contribution in [2.45, 2.75) is 34.6 Å². The summed E-state index contributed by atoms with van der Waals surface area (Å²) in [6.45, 7) is 0. The number of rotatable bonds is 2. The second-order valence-corrected chi connectivity index (χ2v) is 19.8. The summed E-state index contributed by atoms with van der Waals surface area (Å²) < 4.78 is 156. The zero-order valence-electron chi connectivity index (χ0n) is 15.5. The zero-order chi connectivity index (χ0) is 24.2. The van der Waals surface area contributed by atoms with Crippen LogP contribution in [0.4, 0.5) is 52.7 Å². The summed E-state index contributed by atoms with van der Waals surface area (Å²) in [5, 5.41) is 0. The van der Waals surface area contributed by atoms with Crippen molar-refractivity contribution in [3.05, 3.63) is 58.7 Å². The number of halogens is 12. The second kappa shape index (κ2) is 7.76. The molecule has 13 heteroatoms. The van der Waals surface area contributed by atoms with Crippen LogP contribution in [-0.2, 0) is 24.7 Å². The van der Waals surface area contributed by atoms with Crippen molar-refractivity contribution in [2.75, 3.05) is 0 Å². The molecule has 0 bridgehead atoms. The molecule has 0 aliphatic carbocycles. The second-order valence-electron chi connectivity index (χ2n) is 7.21. The minimum absolute atomic E-state index is 0.154. The molecule has 2 aromatic rings. The van der Waals surface area contributed by atoms with Gasteiger partial charge in [-0.05, 0) is 0 Å². The topological polar surface area (TPSA) is 0 Å². The molecule has 172 valence electrons. The summed E-state index contributed by atoms with van der Waals surface area (Å²) >= 11 is -4.83. The molecular weight excluding hydrogens is 563 g/mol. The van der Waals surface area contributed by atoms with Gasteiger partial charge in [0.25, 0.3) is 0 Å². The Bertz CT molecular complexity index is 819. The van der Waals surface area contributed by atoms with E-state index in [1.165, 1.54) is 0 Å². The first-order valence-electron chi connectivity index (χ1n) is 8.23. The maximum absolute atomic E-state index is 13.1. The number of hydrogen-bond donors (Lipinski definition) is 0. The van der Waals surface area contributed by atoms with Crippen molar-refractivity contribution in [1.82, 2.24) is 0 Å². The molecular formula is C18H12F12Sn. The van der Waals surface area contributed by atoms with Gasteiger partial charge in [-0.2, -0.15) is 0 Å². The van der Waals surface area contributed by atoms with Crippen molar-refractivity contribution in [3.63, 3.8) is 0 Å². The van der Waals surface area contributed by atoms with Crippen LogP contribution in [0.5, 0.6) is 0 Å². The first-order valence-corrected chi connectivity index (χ1v) is 16.8. The van der Waals surface area contributed by atoms with Crippen LogP contribution in [0.25, 0.3) is 0 Å². The number of benzene rings is 2. The van der Waals surface area contributed by atoms with E-state index in [0.717, 1.165) is 9.88 Å². The first kappa shape index (κ1) is 25.7. The Morgan fingerprint density at radius 3 is 0.774 bits per heavy atom. The zero-order valence-corrected chi connectivity index (χ0v) is 18.4. The Kier molecular flexibility index (Phi) is 6.43. The van der Waals surface area contributed by atoms with Crippen molar-refractivity contribution in [1.29, 1.82) is 0 Å². The number of hydrogen-bond acceptors (Lipinski definition) is 0. The monoisotopic (exact) mass is 576 g/mol. The van der Waals surface area contributed by atoms with E-state index in [4.69, 9.17) is 0 Å². The van der Waals surface area contributed by atoms with Crippen LogP contribution in [0.1, 0.15) is 22.3 Å². The van der Waals surface area contributed by atoms with Crippen molar-refractivity contribution < 1.29 is 52.7 Å². The molecule has 31 heavy (non-hydrogen) atoms. The normalized spacial score (nSPS) is 14.1. The Morgan fingerprint density at radius 1 is 0.419 bits per heavy atom. The third-order valence-electron chi connectivity index (χ3n) is 4.62. The quantitative estimate of drug-likeness (QED) is 0.281. The molecule has 0 N–H and O–H groups in total. The van der Waals surface area contributed by atoms with E-state index in [2.05, 4.69) is 0 Å². The standard InChI is InChI=1S/2C8H3F6.2CH3.Sn/c2*9-7(10,11)5-2-1-3-6(4-5)8(12,13)14;;;/h2*2-4H;2*1H3;. The Hall–Kier alpha value is -1.60. The Labute approximate surface area is 171 Å². The van der Waals surface area contributed by atoms with Gasteiger partial charge in [0.15, 0.2) is 0 Å². The fourth-order valence-corrected chi connectivity index (χ4v) is 9.64. The molecule has 0 saturated carbocycles. The Morgan fingerprint density at radius 2 is 0.613 bits per heavy atom. The molecule has 0 spiro atoms. The van der Waals surface area contributed by atoms with E-state index >= 15 is 0 Å². The SMILES string of the molecule is [CH3][Sn]([CH3])([c]1cc(C(F)(F)F)cc(C(F)(F)F)c1)[c]1cc(C(F)(F)F)cc(C(F)(F)F)c1. The molecule has 0 atom stereocenters. The maximum atomic E-state index is 13.1. The van der Waals surface area contributed by atoms with Crippen LogP contribution < -0.4 is 7.16 Å². The molecule has 0 nitrogen and oxygen atoms in total. The number of alkyl halides is 12. The molecule has 2 rings (SSSR count). The van der Waals surface area contributed by atoms with E-state index in [0.29, 0.717) is 24.3 Å². The van der Waals surface area contributed by atoms with Crippen molar-refractivity contribution in [3.8, 4) is 0 Å². The molecule has 0 aromatic heterocycles. The van der Waals surface area contributed by atoms with Gasteiger partial charge in [0.1, 0.15) is 0 Å². The van der Waals surface area contributed by atoms with Crippen LogP contribution in [-0.4, -0.2) is 18.4 Å². The van der Waals surface area contributed by atoms with Gasteiger partial charge in [-0.1, -0.05) is 0 Å². The van der Waals surface area contributed by atoms with Gasteiger partial charge in [-0.25, -0.2) is 0 Å².